The minimum atomic E-state index is -2.93. The molecule has 7 nitrogen and oxygen atoms in total. The largest absolute Gasteiger partial charge is 0.435 e. The fraction of sp³-hybridized carbons (Fsp3) is 0.389. The molecule has 1 aromatic carbocycles. The average molecular weight is 377 g/mol. The zero-order valence-electron chi connectivity index (χ0n) is 15.1. The number of halogens is 2. The average Bonchev–Trinajstić information content (AvgIpc) is 3.12. The Balaban J connectivity index is 1.69. The van der Waals surface area contributed by atoms with Crippen molar-refractivity contribution in [1.29, 1.82) is 0 Å². The number of ether oxygens (including phenoxy) is 1. The van der Waals surface area contributed by atoms with Crippen LogP contribution in [0.3, 0.4) is 0 Å². The second kappa shape index (κ2) is 8.15. The van der Waals surface area contributed by atoms with Crippen molar-refractivity contribution in [2.75, 3.05) is 28.6 Å². The van der Waals surface area contributed by atoms with Crippen LogP contribution in [0.25, 0.3) is 0 Å². The molecular formula is C18H21F2N5O2. The van der Waals surface area contributed by atoms with E-state index in [0.717, 1.165) is 25.9 Å². The molecule has 1 fully saturated rings. The summed E-state index contributed by atoms with van der Waals surface area (Å²) in [6, 6.07) is 5.27. The summed E-state index contributed by atoms with van der Waals surface area (Å²) in [7, 11) is 0. The first-order chi connectivity index (χ1) is 12.9. The van der Waals surface area contributed by atoms with Crippen molar-refractivity contribution < 1.29 is 18.3 Å². The second-order valence-corrected chi connectivity index (χ2v) is 6.25. The summed E-state index contributed by atoms with van der Waals surface area (Å²) >= 11 is 0. The number of hydrogen-bond acceptors (Lipinski definition) is 5. The van der Waals surface area contributed by atoms with Crippen molar-refractivity contribution >= 4 is 23.4 Å². The van der Waals surface area contributed by atoms with Gasteiger partial charge in [-0.2, -0.15) is 8.78 Å². The molecule has 2 aromatic rings. The Kier molecular flexibility index (Phi) is 5.68. The van der Waals surface area contributed by atoms with Gasteiger partial charge in [-0.05, 0) is 38.8 Å². The number of anilines is 3. The van der Waals surface area contributed by atoms with Crippen LogP contribution >= 0.6 is 0 Å². The highest BCUT2D eigenvalue weighted by Gasteiger charge is 2.18. The molecule has 2 N–H and O–H groups in total. The molecule has 27 heavy (non-hydrogen) atoms. The molecule has 144 valence electrons. The predicted molar refractivity (Wildman–Crippen MR) is 98.7 cm³/mol. The third-order valence-corrected chi connectivity index (χ3v) is 4.20. The zero-order chi connectivity index (χ0) is 19.4. The van der Waals surface area contributed by atoms with Gasteiger partial charge in [0.1, 0.15) is 5.75 Å². The monoisotopic (exact) mass is 377 g/mol. The van der Waals surface area contributed by atoms with Gasteiger partial charge in [-0.3, -0.25) is 0 Å². The Bertz CT molecular complexity index is 802. The van der Waals surface area contributed by atoms with Crippen molar-refractivity contribution in [2.45, 2.75) is 33.3 Å². The number of urea groups is 1. The van der Waals surface area contributed by atoms with Crippen LogP contribution in [-0.4, -0.2) is 35.7 Å². The van der Waals surface area contributed by atoms with E-state index in [2.05, 4.69) is 30.2 Å². The molecular weight excluding hydrogens is 356 g/mol. The first-order valence-electron chi connectivity index (χ1n) is 8.65. The lowest BCUT2D eigenvalue weighted by molar-refractivity contribution is -0.0497. The van der Waals surface area contributed by atoms with Crippen LogP contribution in [-0.2, 0) is 0 Å². The minimum absolute atomic E-state index is 0.0338. The summed E-state index contributed by atoms with van der Waals surface area (Å²) < 4.78 is 28.9. The molecule has 0 bridgehead atoms. The third-order valence-electron chi connectivity index (χ3n) is 4.20. The molecule has 0 saturated carbocycles. The van der Waals surface area contributed by atoms with Crippen LogP contribution in [0.5, 0.6) is 5.75 Å². The van der Waals surface area contributed by atoms with E-state index in [1.165, 1.54) is 18.2 Å². The van der Waals surface area contributed by atoms with Gasteiger partial charge in [-0.25, -0.2) is 14.8 Å². The molecule has 1 aliphatic heterocycles. The third kappa shape index (κ3) is 4.81. The van der Waals surface area contributed by atoms with Gasteiger partial charge in [0.2, 0.25) is 5.95 Å². The second-order valence-electron chi connectivity index (χ2n) is 6.25. The summed E-state index contributed by atoms with van der Waals surface area (Å²) in [4.78, 5) is 23.4. The molecule has 2 amide bonds. The molecule has 0 spiro atoms. The summed E-state index contributed by atoms with van der Waals surface area (Å²) in [5, 5.41) is 5.31. The fourth-order valence-electron chi connectivity index (χ4n) is 2.96. The quantitative estimate of drug-likeness (QED) is 0.825. The Labute approximate surface area is 155 Å². The van der Waals surface area contributed by atoms with E-state index >= 15 is 0 Å². The highest BCUT2D eigenvalue weighted by atomic mass is 19.3. The topological polar surface area (TPSA) is 79.4 Å². The van der Waals surface area contributed by atoms with Crippen LogP contribution in [0.1, 0.15) is 24.2 Å². The standard InChI is InChI=1S/C18H21F2N5O2/c1-11-15(12(2)22-17(21-11)25-8-3-4-9-25)24-18(26)23-13-6-5-7-14(10-13)27-16(19)20/h5-7,10,16H,3-4,8-9H2,1-2H3,(H2,23,24,26). The van der Waals surface area contributed by atoms with Crippen molar-refractivity contribution in [1.82, 2.24) is 9.97 Å². The van der Waals surface area contributed by atoms with E-state index in [-0.39, 0.29) is 5.75 Å². The van der Waals surface area contributed by atoms with Gasteiger partial charge >= 0.3 is 12.6 Å². The Morgan fingerprint density at radius 3 is 2.44 bits per heavy atom. The van der Waals surface area contributed by atoms with Crippen molar-refractivity contribution in [3.8, 4) is 5.75 Å². The first-order valence-corrected chi connectivity index (χ1v) is 8.65. The smallest absolute Gasteiger partial charge is 0.387 e. The predicted octanol–water partition coefficient (Wildman–Crippen LogP) is 3.94. The van der Waals surface area contributed by atoms with Crippen LogP contribution in [0, 0.1) is 13.8 Å². The zero-order valence-corrected chi connectivity index (χ0v) is 15.1. The summed E-state index contributed by atoms with van der Waals surface area (Å²) in [5.41, 5.74) is 2.18. The van der Waals surface area contributed by atoms with E-state index in [9.17, 15) is 13.6 Å². The van der Waals surface area contributed by atoms with Crippen LogP contribution < -0.4 is 20.3 Å². The number of carbonyl (C=O) groups excluding carboxylic acids is 1. The normalized spacial score (nSPS) is 13.7. The number of benzene rings is 1. The van der Waals surface area contributed by atoms with Crippen LogP contribution in [0.2, 0.25) is 0 Å². The van der Waals surface area contributed by atoms with Gasteiger partial charge in [-0.15, -0.1) is 0 Å². The van der Waals surface area contributed by atoms with E-state index in [1.54, 1.807) is 19.9 Å². The number of nitrogens with zero attached hydrogens (tertiary/aromatic N) is 3. The molecule has 1 aromatic heterocycles. The van der Waals surface area contributed by atoms with Gasteiger partial charge in [0, 0.05) is 24.8 Å². The highest BCUT2D eigenvalue weighted by Crippen LogP contribution is 2.24. The summed E-state index contributed by atoms with van der Waals surface area (Å²) in [5.74, 6) is 0.638. The van der Waals surface area contributed by atoms with E-state index < -0.39 is 12.6 Å². The maximum atomic E-state index is 12.3. The number of aryl methyl sites for hydroxylation is 2. The minimum Gasteiger partial charge on any atom is -0.435 e. The van der Waals surface area contributed by atoms with E-state index in [0.29, 0.717) is 28.7 Å². The van der Waals surface area contributed by atoms with Gasteiger partial charge in [-0.1, -0.05) is 6.07 Å². The van der Waals surface area contributed by atoms with Crippen molar-refractivity contribution in [2.24, 2.45) is 0 Å². The summed E-state index contributed by atoms with van der Waals surface area (Å²) in [6.45, 7) is 2.56. The number of nitrogens with one attached hydrogen (secondary N) is 2. The molecule has 2 heterocycles. The number of amides is 2. The van der Waals surface area contributed by atoms with Gasteiger partial charge < -0.3 is 20.3 Å². The van der Waals surface area contributed by atoms with Crippen molar-refractivity contribution in [3.63, 3.8) is 0 Å². The highest BCUT2D eigenvalue weighted by molar-refractivity contribution is 6.00. The maximum Gasteiger partial charge on any atom is 0.387 e. The number of hydrogen-bond donors (Lipinski definition) is 2. The van der Waals surface area contributed by atoms with E-state index in [4.69, 9.17) is 0 Å². The Morgan fingerprint density at radius 1 is 1.15 bits per heavy atom. The first kappa shape index (κ1) is 18.8. The molecule has 1 saturated heterocycles. The molecule has 0 unspecified atom stereocenters. The lowest BCUT2D eigenvalue weighted by Crippen LogP contribution is -2.24. The maximum absolute atomic E-state index is 12.3. The van der Waals surface area contributed by atoms with Crippen LogP contribution in [0.15, 0.2) is 24.3 Å². The van der Waals surface area contributed by atoms with E-state index in [1.807, 2.05) is 0 Å². The molecule has 1 aliphatic rings. The number of rotatable bonds is 5. The lowest BCUT2D eigenvalue weighted by atomic mass is 10.3. The number of carbonyl (C=O) groups is 1. The number of aromatic nitrogens is 2. The fourth-order valence-corrected chi connectivity index (χ4v) is 2.96. The van der Waals surface area contributed by atoms with Gasteiger partial charge in [0.25, 0.3) is 0 Å². The molecule has 3 rings (SSSR count). The van der Waals surface area contributed by atoms with Crippen LogP contribution in [0.4, 0.5) is 30.9 Å². The van der Waals surface area contributed by atoms with Gasteiger partial charge in [0.05, 0.1) is 17.1 Å². The molecule has 0 atom stereocenters. The molecule has 0 aliphatic carbocycles. The van der Waals surface area contributed by atoms with Crippen molar-refractivity contribution in [3.05, 3.63) is 35.7 Å². The Morgan fingerprint density at radius 2 is 1.81 bits per heavy atom. The van der Waals surface area contributed by atoms with Gasteiger partial charge in [0.15, 0.2) is 0 Å². The SMILES string of the molecule is Cc1nc(N2CCCC2)nc(C)c1NC(=O)Nc1cccc(OC(F)F)c1. The lowest BCUT2D eigenvalue weighted by Gasteiger charge is -2.18. The summed E-state index contributed by atoms with van der Waals surface area (Å²) in [6.07, 6.45) is 2.25. The molecule has 9 heteroatoms. The Hall–Kier alpha value is -2.97. The number of alkyl halides is 2. The molecule has 0 radical (unpaired) electrons.